The summed E-state index contributed by atoms with van der Waals surface area (Å²) >= 11 is 5.78. The highest BCUT2D eigenvalue weighted by molar-refractivity contribution is 6.30. The number of nitrogens with zero attached hydrogens (tertiary/aromatic N) is 2. The van der Waals surface area contributed by atoms with E-state index >= 15 is 0 Å². The largest absolute Gasteiger partial charge is 0.492 e. The Morgan fingerprint density at radius 3 is 2.85 bits per heavy atom. The lowest BCUT2D eigenvalue weighted by Gasteiger charge is -2.10. The topological polar surface area (TPSA) is 93.6 Å². The van der Waals surface area contributed by atoms with Crippen molar-refractivity contribution in [3.05, 3.63) is 47.3 Å². The van der Waals surface area contributed by atoms with Crippen LogP contribution in [0.2, 0.25) is 5.02 Å². The van der Waals surface area contributed by atoms with E-state index in [4.69, 9.17) is 26.5 Å². The van der Waals surface area contributed by atoms with Gasteiger partial charge in [-0.05, 0) is 44.4 Å². The Labute approximate surface area is 155 Å². The Morgan fingerprint density at radius 1 is 1.35 bits per heavy atom. The van der Waals surface area contributed by atoms with Crippen molar-refractivity contribution >= 4 is 40.0 Å². The number of ether oxygens (including phenoxy) is 1. The van der Waals surface area contributed by atoms with E-state index in [1.54, 1.807) is 30.3 Å². The third-order valence-electron chi connectivity index (χ3n) is 3.68. The lowest BCUT2D eigenvalue weighted by molar-refractivity contribution is 0.0999. The van der Waals surface area contributed by atoms with Crippen LogP contribution in [-0.4, -0.2) is 43.0 Å². The van der Waals surface area contributed by atoms with Crippen molar-refractivity contribution in [2.24, 2.45) is 0 Å². The van der Waals surface area contributed by atoms with Crippen molar-refractivity contribution < 1.29 is 13.9 Å². The van der Waals surface area contributed by atoms with Crippen molar-refractivity contribution in [2.75, 3.05) is 38.3 Å². The summed E-state index contributed by atoms with van der Waals surface area (Å²) in [5.41, 5.74) is 6.87. The van der Waals surface area contributed by atoms with E-state index in [-0.39, 0.29) is 11.4 Å². The van der Waals surface area contributed by atoms with Crippen LogP contribution in [0.15, 0.2) is 40.9 Å². The predicted octanol–water partition coefficient (Wildman–Crippen LogP) is 3.26. The molecular formula is C18H19ClN4O3. The van der Waals surface area contributed by atoms with Gasteiger partial charge in [-0.2, -0.15) is 0 Å². The van der Waals surface area contributed by atoms with Crippen LogP contribution in [0.25, 0.3) is 11.0 Å². The van der Waals surface area contributed by atoms with Crippen molar-refractivity contribution in [3.63, 3.8) is 0 Å². The number of carbonyl (C=O) groups excluding carboxylic acids is 1. The van der Waals surface area contributed by atoms with E-state index in [0.29, 0.717) is 34.2 Å². The first kappa shape index (κ1) is 18.0. The summed E-state index contributed by atoms with van der Waals surface area (Å²) in [6, 6.07) is 8.50. The molecule has 2 aromatic heterocycles. The quantitative estimate of drug-likeness (QED) is 0.687. The van der Waals surface area contributed by atoms with Crippen LogP contribution in [-0.2, 0) is 0 Å². The zero-order chi connectivity index (χ0) is 18.7. The number of nitrogens with one attached hydrogen (secondary N) is 1. The fraction of sp³-hybridized carbons (Fsp3) is 0.222. The third kappa shape index (κ3) is 4.07. The molecule has 0 atom stereocenters. The first-order valence-electron chi connectivity index (χ1n) is 7.96. The zero-order valence-electron chi connectivity index (χ0n) is 14.5. The minimum Gasteiger partial charge on any atom is -0.492 e. The van der Waals surface area contributed by atoms with Gasteiger partial charge in [-0.15, -0.1) is 0 Å². The molecule has 0 spiro atoms. The molecule has 0 aliphatic carbocycles. The van der Waals surface area contributed by atoms with Gasteiger partial charge in [0.25, 0.3) is 5.91 Å². The third-order valence-corrected chi connectivity index (χ3v) is 3.90. The van der Waals surface area contributed by atoms with Gasteiger partial charge in [0, 0.05) is 18.1 Å². The number of halogens is 1. The molecule has 1 aromatic carbocycles. The second-order valence-corrected chi connectivity index (χ2v) is 6.41. The fourth-order valence-electron chi connectivity index (χ4n) is 2.32. The normalized spacial score (nSPS) is 11.1. The Morgan fingerprint density at radius 2 is 2.15 bits per heavy atom. The number of likely N-dealkylation sites (N-methyl/N-ethyl adjacent to an activating group) is 1. The molecule has 3 rings (SSSR count). The number of rotatable bonds is 6. The molecule has 3 N–H and O–H groups in total. The molecule has 0 fully saturated rings. The van der Waals surface area contributed by atoms with Crippen LogP contribution in [0.1, 0.15) is 10.6 Å². The van der Waals surface area contributed by atoms with Gasteiger partial charge >= 0.3 is 0 Å². The number of hydrogen-bond donors (Lipinski definition) is 2. The summed E-state index contributed by atoms with van der Waals surface area (Å²) in [5, 5.41) is 3.74. The molecule has 8 heteroatoms. The number of amides is 1. The monoisotopic (exact) mass is 374 g/mol. The molecule has 3 aromatic rings. The Kier molecular flexibility index (Phi) is 5.29. The smallest absolute Gasteiger partial charge is 0.294 e. The number of furan rings is 1. The molecule has 0 radical (unpaired) electrons. The number of pyridine rings is 1. The van der Waals surface area contributed by atoms with Crippen molar-refractivity contribution in [3.8, 4) is 5.75 Å². The van der Waals surface area contributed by atoms with Gasteiger partial charge in [0.15, 0.2) is 0 Å². The van der Waals surface area contributed by atoms with Gasteiger partial charge in [0.05, 0.1) is 10.7 Å². The molecule has 0 aliphatic heterocycles. The van der Waals surface area contributed by atoms with E-state index in [0.717, 1.165) is 6.54 Å². The maximum absolute atomic E-state index is 12.4. The zero-order valence-corrected chi connectivity index (χ0v) is 15.2. The maximum Gasteiger partial charge on any atom is 0.294 e. The molecule has 7 nitrogen and oxygen atoms in total. The molecule has 26 heavy (non-hydrogen) atoms. The van der Waals surface area contributed by atoms with Gasteiger partial charge in [0.1, 0.15) is 23.8 Å². The molecule has 0 saturated heterocycles. The maximum atomic E-state index is 12.4. The van der Waals surface area contributed by atoms with Crippen molar-refractivity contribution in [2.45, 2.75) is 0 Å². The van der Waals surface area contributed by atoms with E-state index in [1.165, 1.54) is 6.20 Å². The predicted molar refractivity (Wildman–Crippen MR) is 102 cm³/mol. The summed E-state index contributed by atoms with van der Waals surface area (Å²) in [6.07, 6.45) is 1.44. The Hall–Kier alpha value is -2.77. The van der Waals surface area contributed by atoms with Crippen LogP contribution in [0.4, 0.5) is 11.5 Å². The molecule has 2 heterocycles. The van der Waals surface area contributed by atoms with Crippen LogP contribution >= 0.6 is 11.6 Å². The van der Waals surface area contributed by atoms with Gasteiger partial charge < -0.3 is 25.1 Å². The van der Waals surface area contributed by atoms with Gasteiger partial charge in [0.2, 0.25) is 5.76 Å². The fourth-order valence-corrected chi connectivity index (χ4v) is 2.43. The average molecular weight is 375 g/mol. The first-order chi connectivity index (χ1) is 12.4. The van der Waals surface area contributed by atoms with E-state index in [9.17, 15) is 4.79 Å². The SMILES string of the molecule is CN(C)CCOc1ccc2oc(C(=O)Nc3ccc(Cl)cn3)c(N)c2c1. The number of nitrogen functional groups attached to an aromatic ring is 1. The van der Waals surface area contributed by atoms with Crippen LogP contribution in [0.3, 0.4) is 0 Å². The number of nitrogens with two attached hydrogens (primary N) is 1. The summed E-state index contributed by atoms with van der Waals surface area (Å²) in [7, 11) is 3.95. The summed E-state index contributed by atoms with van der Waals surface area (Å²) in [5.74, 6) is 0.566. The molecule has 0 unspecified atom stereocenters. The number of fused-ring (bicyclic) bond motifs is 1. The number of hydrogen-bond acceptors (Lipinski definition) is 6. The lowest BCUT2D eigenvalue weighted by atomic mass is 10.2. The van der Waals surface area contributed by atoms with E-state index in [1.807, 2.05) is 19.0 Å². The standard InChI is InChI=1S/C18H19ClN4O3/c1-23(2)7-8-25-12-4-5-14-13(9-12)16(20)17(26-14)18(24)22-15-6-3-11(19)10-21-15/h3-6,9-10H,7-8,20H2,1-2H3,(H,21,22,24). The second-order valence-electron chi connectivity index (χ2n) is 5.97. The summed E-state index contributed by atoms with van der Waals surface area (Å²) in [4.78, 5) is 18.5. The first-order valence-corrected chi connectivity index (χ1v) is 8.34. The van der Waals surface area contributed by atoms with E-state index < -0.39 is 5.91 Å². The molecule has 0 aliphatic rings. The number of aromatic nitrogens is 1. The van der Waals surface area contributed by atoms with Crippen LogP contribution in [0, 0.1) is 0 Å². The highest BCUT2D eigenvalue weighted by atomic mass is 35.5. The number of carbonyl (C=O) groups is 1. The molecular weight excluding hydrogens is 356 g/mol. The number of anilines is 2. The van der Waals surface area contributed by atoms with Crippen LogP contribution < -0.4 is 15.8 Å². The molecule has 0 bridgehead atoms. The molecule has 1 amide bonds. The highest BCUT2D eigenvalue weighted by Gasteiger charge is 2.19. The Bertz CT molecular complexity index is 922. The highest BCUT2D eigenvalue weighted by Crippen LogP contribution is 2.31. The van der Waals surface area contributed by atoms with Crippen molar-refractivity contribution in [1.82, 2.24) is 9.88 Å². The molecule has 0 saturated carbocycles. The summed E-state index contributed by atoms with van der Waals surface area (Å²) in [6.45, 7) is 1.34. The minimum absolute atomic E-state index is 0.0298. The summed E-state index contributed by atoms with van der Waals surface area (Å²) < 4.78 is 11.3. The second kappa shape index (κ2) is 7.63. The average Bonchev–Trinajstić information content (AvgIpc) is 2.93. The van der Waals surface area contributed by atoms with Crippen LogP contribution in [0.5, 0.6) is 5.75 Å². The number of benzene rings is 1. The van der Waals surface area contributed by atoms with E-state index in [2.05, 4.69) is 10.3 Å². The van der Waals surface area contributed by atoms with Gasteiger partial charge in [-0.3, -0.25) is 4.79 Å². The Balaban J connectivity index is 1.79. The van der Waals surface area contributed by atoms with Gasteiger partial charge in [-0.25, -0.2) is 4.98 Å². The molecule has 136 valence electrons. The van der Waals surface area contributed by atoms with Crippen molar-refractivity contribution in [1.29, 1.82) is 0 Å². The minimum atomic E-state index is -0.483. The van der Waals surface area contributed by atoms with Gasteiger partial charge in [-0.1, -0.05) is 11.6 Å². The lowest BCUT2D eigenvalue weighted by Crippen LogP contribution is -2.19.